The summed E-state index contributed by atoms with van der Waals surface area (Å²) in [5.41, 5.74) is 6.66. The SMILES string of the molecule is Cc1cc(C)cc(-n2nnnc2SCc2cc(=O)oc3cc(C)c(C)cc23)c1. The minimum Gasteiger partial charge on any atom is -0.423 e. The van der Waals surface area contributed by atoms with Gasteiger partial charge in [-0.15, -0.1) is 5.10 Å². The van der Waals surface area contributed by atoms with Crippen LogP contribution in [-0.4, -0.2) is 20.2 Å². The van der Waals surface area contributed by atoms with E-state index in [0.717, 1.165) is 38.9 Å². The zero-order valence-corrected chi connectivity index (χ0v) is 17.0. The van der Waals surface area contributed by atoms with Gasteiger partial charge in [-0.1, -0.05) is 17.8 Å². The number of rotatable bonds is 4. The Morgan fingerprint density at radius 3 is 2.43 bits per heavy atom. The molecule has 7 heteroatoms. The van der Waals surface area contributed by atoms with E-state index in [2.05, 4.69) is 34.6 Å². The third-order valence-electron chi connectivity index (χ3n) is 4.69. The minimum absolute atomic E-state index is 0.347. The van der Waals surface area contributed by atoms with Crippen LogP contribution in [0.15, 0.2) is 50.8 Å². The molecule has 0 fully saturated rings. The molecule has 0 aliphatic carbocycles. The molecule has 0 spiro atoms. The van der Waals surface area contributed by atoms with Crippen LogP contribution in [0.3, 0.4) is 0 Å². The molecule has 0 bridgehead atoms. The van der Waals surface area contributed by atoms with Crippen LogP contribution in [0.1, 0.15) is 27.8 Å². The van der Waals surface area contributed by atoms with Gasteiger partial charge < -0.3 is 4.42 Å². The number of benzene rings is 2. The van der Waals surface area contributed by atoms with Crippen LogP contribution in [0, 0.1) is 27.7 Å². The normalized spacial score (nSPS) is 11.3. The molecule has 2 heterocycles. The van der Waals surface area contributed by atoms with Crippen LogP contribution < -0.4 is 5.63 Å². The van der Waals surface area contributed by atoms with Crippen molar-refractivity contribution in [2.45, 2.75) is 38.6 Å². The van der Waals surface area contributed by atoms with Crippen molar-refractivity contribution in [1.82, 2.24) is 20.2 Å². The van der Waals surface area contributed by atoms with Gasteiger partial charge in [0.05, 0.1) is 5.69 Å². The highest BCUT2D eigenvalue weighted by molar-refractivity contribution is 7.98. The smallest absolute Gasteiger partial charge is 0.336 e. The van der Waals surface area contributed by atoms with E-state index in [1.54, 1.807) is 10.7 Å². The molecule has 28 heavy (non-hydrogen) atoms. The fourth-order valence-corrected chi connectivity index (χ4v) is 4.13. The monoisotopic (exact) mass is 392 g/mol. The van der Waals surface area contributed by atoms with Crippen molar-refractivity contribution in [3.8, 4) is 5.69 Å². The molecule has 0 unspecified atom stereocenters. The Morgan fingerprint density at radius 1 is 0.964 bits per heavy atom. The van der Waals surface area contributed by atoms with Gasteiger partial charge in [0.1, 0.15) is 5.58 Å². The number of tetrazole rings is 1. The zero-order valence-electron chi connectivity index (χ0n) is 16.2. The highest BCUT2D eigenvalue weighted by Crippen LogP contribution is 2.28. The number of nitrogens with zero attached hydrogens (tertiary/aromatic N) is 4. The lowest BCUT2D eigenvalue weighted by Gasteiger charge is -2.09. The summed E-state index contributed by atoms with van der Waals surface area (Å²) in [7, 11) is 0. The maximum atomic E-state index is 12.0. The molecule has 0 N–H and O–H groups in total. The first-order valence-electron chi connectivity index (χ1n) is 8.94. The summed E-state index contributed by atoms with van der Waals surface area (Å²) in [6.07, 6.45) is 0. The third-order valence-corrected chi connectivity index (χ3v) is 5.66. The lowest BCUT2D eigenvalue weighted by Crippen LogP contribution is -2.02. The number of fused-ring (bicyclic) bond motifs is 1. The predicted octanol–water partition coefficient (Wildman–Crippen LogP) is 4.29. The second-order valence-corrected chi connectivity index (χ2v) is 7.97. The molecule has 4 rings (SSSR count). The molecule has 0 atom stereocenters. The molecule has 4 aromatic rings. The van der Waals surface area contributed by atoms with Gasteiger partial charge in [0.2, 0.25) is 5.16 Å². The van der Waals surface area contributed by atoms with E-state index in [-0.39, 0.29) is 5.63 Å². The van der Waals surface area contributed by atoms with E-state index in [9.17, 15) is 4.79 Å². The molecule has 2 aromatic heterocycles. The first-order chi connectivity index (χ1) is 13.4. The van der Waals surface area contributed by atoms with E-state index in [1.165, 1.54) is 11.8 Å². The van der Waals surface area contributed by atoms with Gasteiger partial charge in [-0.25, -0.2) is 4.79 Å². The molecule has 0 radical (unpaired) electrons. The minimum atomic E-state index is -0.347. The van der Waals surface area contributed by atoms with Gasteiger partial charge in [-0.2, -0.15) is 4.68 Å². The predicted molar refractivity (Wildman–Crippen MR) is 110 cm³/mol. The summed E-state index contributed by atoms with van der Waals surface area (Å²) in [6, 6.07) is 11.7. The molecular weight excluding hydrogens is 372 g/mol. The standard InChI is InChI=1S/C21H20N4O2S/c1-12-5-13(2)7-17(6-12)25-21(22-23-24-25)28-11-16-10-20(26)27-19-9-15(4)14(3)8-18(16)19/h5-10H,11H2,1-4H3. The van der Waals surface area contributed by atoms with Crippen LogP contribution in [0.5, 0.6) is 0 Å². The van der Waals surface area contributed by atoms with Crippen LogP contribution in [0.4, 0.5) is 0 Å². The molecule has 2 aromatic carbocycles. The summed E-state index contributed by atoms with van der Waals surface area (Å²) < 4.78 is 7.11. The van der Waals surface area contributed by atoms with Gasteiger partial charge >= 0.3 is 5.63 Å². The molecule has 0 saturated carbocycles. The fourth-order valence-electron chi connectivity index (χ4n) is 3.25. The van der Waals surface area contributed by atoms with Gasteiger partial charge in [-0.3, -0.25) is 0 Å². The molecule has 142 valence electrons. The van der Waals surface area contributed by atoms with E-state index in [0.29, 0.717) is 16.5 Å². The number of aromatic nitrogens is 4. The Morgan fingerprint density at radius 2 is 1.68 bits per heavy atom. The lowest BCUT2D eigenvalue weighted by atomic mass is 10.0. The Hall–Kier alpha value is -2.93. The second kappa shape index (κ2) is 7.24. The van der Waals surface area contributed by atoms with E-state index in [4.69, 9.17) is 4.42 Å². The molecule has 0 saturated heterocycles. The quantitative estimate of drug-likeness (QED) is 0.381. The molecule has 0 aliphatic rings. The first-order valence-corrected chi connectivity index (χ1v) is 9.93. The van der Waals surface area contributed by atoms with Crippen molar-refractivity contribution in [2.24, 2.45) is 0 Å². The molecule has 0 amide bonds. The summed E-state index contributed by atoms with van der Waals surface area (Å²) in [4.78, 5) is 12.0. The average molecular weight is 392 g/mol. The highest BCUT2D eigenvalue weighted by Gasteiger charge is 2.13. The molecular formula is C21H20N4O2S. The summed E-state index contributed by atoms with van der Waals surface area (Å²) >= 11 is 1.49. The van der Waals surface area contributed by atoms with Crippen molar-refractivity contribution >= 4 is 22.7 Å². The largest absolute Gasteiger partial charge is 0.423 e. The maximum absolute atomic E-state index is 12.0. The van der Waals surface area contributed by atoms with Crippen molar-refractivity contribution in [3.05, 3.63) is 74.6 Å². The second-order valence-electron chi connectivity index (χ2n) is 7.03. The number of hydrogen-bond donors (Lipinski definition) is 0. The van der Waals surface area contributed by atoms with Gasteiger partial charge in [0.15, 0.2) is 0 Å². The zero-order chi connectivity index (χ0) is 19.8. The number of thioether (sulfide) groups is 1. The summed E-state index contributed by atoms with van der Waals surface area (Å²) in [6.45, 7) is 8.16. The lowest BCUT2D eigenvalue weighted by molar-refractivity contribution is 0.559. The van der Waals surface area contributed by atoms with Crippen LogP contribution in [-0.2, 0) is 5.75 Å². The van der Waals surface area contributed by atoms with Gasteiger partial charge in [0, 0.05) is 17.2 Å². The fraction of sp³-hybridized carbons (Fsp3) is 0.238. The maximum Gasteiger partial charge on any atom is 0.336 e. The molecule has 6 nitrogen and oxygen atoms in total. The Bertz CT molecular complexity index is 1220. The van der Waals surface area contributed by atoms with Crippen LogP contribution >= 0.6 is 11.8 Å². The van der Waals surface area contributed by atoms with Crippen LogP contribution in [0.2, 0.25) is 0 Å². The summed E-state index contributed by atoms with van der Waals surface area (Å²) in [5, 5.41) is 13.8. The summed E-state index contributed by atoms with van der Waals surface area (Å²) in [5.74, 6) is 0.565. The Labute approximate surface area is 166 Å². The Kier molecular flexibility index (Phi) is 4.77. The van der Waals surface area contributed by atoms with Gasteiger partial charge in [-0.05, 0) is 90.2 Å². The first kappa shape index (κ1) is 18.4. The van der Waals surface area contributed by atoms with Crippen molar-refractivity contribution in [3.63, 3.8) is 0 Å². The third kappa shape index (κ3) is 3.57. The van der Waals surface area contributed by atoms with Gasteiger partial charge in [0.25, 0.3) is 0 Å². The van der Waals surface area contributed by atoms with Crippen molar-refractivity contribution in [1.29, 1.82) is 0 Å². The Balaban J connectivity index is 1.69. The van der Waals surface area contributed by atoms with E-state index >= 15 is 0 Å². The van der Waals surface area contributed by atoms with E-state index < -0.39 is 0 Å². The van der Waals surface area contributed by atoms with E-state index in [1.807, 2.05) is 39.0 Å². The van der Waals surface area contributed by atoms with Crippen LogP contribution in [0.25, 0.3) is 16.7 Å². The number of aryl methyl sites for hydroxylation is 4. The van der Waals surface area contributed by atoms with Crippen molar-refractivity contribution in [2.75, 3.05) is 0 Å². The van der Waals surface area contributed by atoms with Crippen molar-refractivity contribution < 1.29 is 4.42 Å². The number of hydrogen-bond acceptors (Lipinski definition) is 6. The molecule has 0 aliphatic heterocycles. The average Bonchev–Trinajstić information content (AvgIpc) is 3.09. The topological polar surface area (TPSA) is 73.8 Å². The highest BCUT2D eigenvalue weighted by atomic mass is 32.2.